The lowest BCUT2D eigenvalue weighted by Crippen LogP contribution is -1.75. The standard InChI is InChI=1S/C4H2ClNO2/c5-3-2-8-6-4(3)1-7/h1-2H. The highest BCUT2D eigenvalue weighted by Crippen LogP contribution is 2.09. The molecular weight excluding hydrogens is 130 g/mol. The summed E-state index contributed by atoms with van der Waals surface area (Å²) in [6.07, 6.45) is 1.73. The van der Waals surface area contributed by atoms with Crippen LogP contribution in [0.3, 0.4) is 0 Å². The van der Waals surface area contributed by atoms with Crippen molar-refractivity contribution in [2.45, 2.75) is 0 Å². The zero-order chi connectivity index (χ0) is 5.98. The number of aromatic nitrogens is 1. The van der Waals surface area contributed by atoms with Gasteiger partial charge in [-0.2, -0.15) is 0 Å². The molecule has 0 aliphatic carbocycles. The van der Waals surface area contributed by atoms with Gasteiger partial charge < -0.3 is 4.52 Å². The largest absolute Gasteiger partial charge is 0.362 e. The van der Waals surface area contributed by atoms with E-state index in [1.807, 2.05) is 0 Å². The fourth-order valence-electron chi connectivity index (χ4n) is 0.311. The molecule has 4 heteroatoms. The van der Waals surface area contributed by atoms with Crippen molar-refractivity contribution in [2.24, 2.45) is 0 Å². The molecule has 1 heterocycles. The molecule has 0 saturated carbocycles. The second-order valence-corrected chi connectivity index (χ2v) is 1.57. The quantitative estimate of drug-likeness (QED) is 0.537. The molecule has 42 valence electrons. The van der Waals surface area contributed by atoms with E-state index < -0.39 is 0 Å². The van der Waals surface area contributed by atoms with Crippen LogP contribution in [0.5, 0.6) is 0 Å². The summed E-state index contributed by atoms with van der Waals surface area (Å²) >= 11 is 5.35. The van der Waals surface area contributed by atoms with E-state index >= 15 is 0 Å². The Labute approximate surface area is 50.2 Å². The van der Waals surface area contributed by atoms with Gasteiger partial charge in [0, 0.05) is 0 Å². The lowest BCUT2D eigenvalue weighted by atomic mass is 10.5. The van der Waals surface area contributed by atoms with Gasteiger partial charge in [0.15, 0.2) is 12.0 Å². The number of carbonyl (C=O) groups is 1. The molecule has 0 N–H and O–H groups in total. The van der Waals surface area contributed by atoms with Gasteiger partial charge in [-0.3, -0.25) is 4.79 Å². The predicted octanol–water partition coefficient (Wildman–Crippen LogP) is 1.14. The summed E-state index contributed by atoms with van der Waals surface area (Å²) in [4.78, 5) is 9.88. The maximum absolute atomic E-state index is 9.88. The number of halogens is 1. The molecule has 0 radical (unpaired) electrons. The van der Waals surface area contributed by atoms with E-state index in [1.165, 1.54) is 6.26 Å². The van der Waals surface area contributed by atoms with Crippen LogP contribution in [-0.2, 0) is 0 Å². The summed E-state index contributed by atoms with van der Waals surface area (Å²) in [6, 6.07) is 0. The predicted molar refractivity (Wildman–Crippen MR) is 26.9 cm³/mol. The Morgan fingerprint density at radius 1 is 1.88 bits per heavy atom. The SMILES string of the molecule is O=Cc1nocc1Cl. The minimum absolute atomic E-state index is 0.145. The Balaban J connectivity index is 3.09. The van der Waals surface area contributed by atoms with Crippen molar-refractivity contribution in [2.75, 3.05) is 0 Å². The van der Waals surface area contributed by atoms with Gasteiger partial charge in [-0.1, -0.05) is 16.8 Å². The average molecular weight is 132 g/mol. The zero-order valence-electron chi connectivity index (χ0n) is 3.80. The molecule has 1 aromatic heterocycles. The van der Waals surface area contributed by atoms with Crippen LogP contribution in [-0.4, -0.2) is 11.4 Å². The van der Waals surface area contributed by atoms with Gasteiger partial charge in [0.1, 0.15) is 11.3 Å². The van der Waals surface area contributed by atoms with Gasteiger partial charge >= 0.3 is 0 Å². The Morgan fingerprint density at radius 2 is 2.62 bits per heavy atom. The summed E-state index contributed by atoms with van der Waals surface area (Å²) in [5.74, 6) is 0. The lowest BCUT2D eigenvalue weighted by molar-refractivity contribution is 0.111. The minimum atomic E-state index is 0.145. The Kier molecular flexibility index (Phi) is 1.30. The van der Waals surface area contributed by atoms with Crippen LogP contribution in [0.25, 0.3) is 0 Å². The number of rotatable bonds is 1. The van der Waals surface area contributed by atoms with Gasteiger partial charge in [0.05, 0.1) is 0 Å². The maximum Gasteiger partial charge on any atom is 0.173 e. The number of nitrogens with zero attached hydrogens (tertiary/aromatic N) is 1. The van der Waals surface area contributed by atoms with Gasteiger partial charge in [0.25, 0.3) is 0 Å². The van der Waals surface area contributed by atoms with Crippen molar-refractivity contribution in [3.8, 4) is 0 Å². The molecule has 0 saturated heterocycles. The summed E-state index contributed by atoms with van der Waals surface area (Å²) in [5.41, 5.74) is 0.145. The lowest BCUT2D eigenvalue weighted by Gasteiger charge is -1.70. The number of hydrogen-bond donors (Lipinski definition) is 0. The molecule has 0 atom stereocenters. The molecule has 0 aliphatic rings. The van der Waals surface area contributed by atoms with Gasteiger partial charge in [-0.15, -0.1) is 0 Å². The van der Waals surface area contributed by atoms with Crippen molar-refractivity contribution in [3.63, 3.8) is 0 Å². The first-order valence-corrected chi connectivity index (χ1v) is 2.27. The molecule has 1 aromatic rings. The van der Waals surface area contributed by atoms with Crippen molar-refractivity contribution < 1.29 is 9.32 Å². The van der Waals surface area contributed by atoms with Crippen molar-refractivity contribution in [1.82, 2.24) is 5.16 Å². The highest BCUT2D eigenvalue weighted by atomic mass is 35.5. The van der Waals surface area contributed by atoms with E-state index in [1.54, 1.807) is 0 Å². The molecule has 1 rings (SSSR count). The molecule has 0 bridgehead atoms. The topological polar surface area (TPSA) is 43.1 Å². The Morgan fingerprint density at radius 3 is 2.88 bits per heavy atom. The monoisotopic (exact) mass is 131 g/mol. The first-order chi connectivity index (χ1) is 3.84. The molecule has 0 unspecified atom stereocenters. The van der Waals surface area contributed by atoms with Crippen molar-refractivity contribution >= 4 is 17.9 Å². The van der Waals surface area contributed by atoms with Crippen LogP contribution in [0.4, 0.5) is 0 Å². The van der Waals surface area contributed by atoms with Gasteiger partial charge in [0.2, 0.25) is 0 Å². The second kappa shape index (κ2) is 1.96. The highest BCUT2D eigenvalue weighted by molar-refractivity contribution is 6.32. The minimum Gasteiger partial charge on any atom is -0.362 e. The highest BCUT2D eigenvalue weighted by Gasteiger charge is 2.00. The molecule has 0 spiro atoms. The van der Waals surface area contributed by atoms with Crippen LogP contribution in [0.15, 0.2) is 10.8 Å². The Bertz CT molecular complexity index is 196. The van der Waals surface area contributed by atoms with Gasteiger partial charge in [-0.25, -0.2) is 0 Å². The van der Waals surface area contributed by atoms with E-state index in [2.05, 4.69) is 9.68 Å². The molecule has 0 amide bonds. The maximum atomic E-state index is 9.88. The second-order valence-electron chi connectivity index (χ2n) is 1.17. The van der Waals surface area contributed by atoms with Crippen LogP contribution < -0.4 is 0 Å². The fraction of sp³-hybridized carbons (Fsp3) is 0. The molecule has 8 heavy (non-hydrogen) atoms. The van der Waals surface area contributed by atoms with Gasteiger partial charge in [-0.05, 0) is 0 Å². The number of aldehydes is 1. The molecular formula is C4H2ClNO2. The van der Waals surface area contributed by atoms with E-state index in [0.29, 0.717) is 6.29 Å². The summed E-state index contributed by atoms with van der Waals surface area (Å²) < 4.78 is 4.32. The molecule has 0 aliphatic heterocycles. The van der Waals surface area contributed by atoms with Crippen LogP contribution in [0.1, 0.15) is 10.5 Å². The Hall–Kier alpha value is -0.830. The first kappa shape index (κ1) is 5.31. The van der Waals surface area contributed by atoms with Crippen LogP contribution in [0.2, 0.25) is 5.02 Å². The third-order valence-corrected chi connectivity index (χ3v) is 0.946. The van der Waals surface area contributed by atoms with E-state index in [0.717, 1.165) is 0 Å². The van der Waals surface area contributed by atoms with E-state index in [-0.39, 0.29) is 10.7 Å². The summed E-state index contributed by atoms with van der Waals surface area (Å²) in [5, 5.41) is 3.51. The zero-order valence-corrected chi connectivity index (χ0v) is 4.55. The third-order valence-electron chi connectivity index (χ3n) is 0.664. The smallest absolute Gasteiger partial charge is 0.173 e. The summed E-state index contributed by atoms with van der Waals surface area (Å²) in [6.45, 7) is 0. The first-order valence-electron chi connectivity index (χ1n) is 1.89. The van der Waals surface area contributed by atoms with Crippen molar-refractivity contribution in [3.05, 3.63) is 17.0 Å². The van der Waals surface area contributed by atoms with E-state index in [9.17, 15) is 4.79 Å². The number of carbonyl (C=O) groups excluding carboxylic acids is 1. The summed E-state index contributed by atoms with van der Waals surface area (Å²) in [7, 11) is 0. The van der Waals surface area contributed by atoms with Crippen LogP contribution >= 0.6 is 11.6 Å². The molecule has 3 nitrogen and oxygen atoms in total. The molecule has 0 fully saturated rings. The van der Waals surface area contributed by atoms with E-state index in [4.69, 9.17) is 11.6 Å². The van der Waals surface area contributed by atoms with Crippen LogP contribution in [0, 0.1) is 0 Å². The molecule has 0 aromatic carbocycles. The normalized spacial score (nSPS) is 9.12. The number of hydrogen-bond acceptors (Lipinski definition) is 3. The third kappa shape index (κ3) is 0.721. The van der Waals surface area contributed by atoms with Crippen molar-refractivity contribution in [1.29, 1.82) is 0 Å². The average Bonchev–Trinajstić information content (AvgIpc) is 2.14. The fourth-order valence-corrected chi connectivity index (χ4v) is 0.430.